The van der Waals surface area contributed by atoms with E-state index in [1.54, 1.807) is 6.08 Å². The largest absolute Gasteiger partial charge is 0.305 e. The molecule has 0 spiro atoms. The molecule has 5 heteroatoms. The zero-order chi connectivity index (χ0) is 19.6. The smallest absolute Gasteiger partial charge is 0.227 e. The number of nitrogens with one attached hydrogen (secondary N) is 1. The maximum Gasteiger partial charge on any atom is 0.227 e. The van der Waals surface area contributed by atoms with E-state index in [1.807, 2.05) is 60.0 Å². The number of allylic oxidation sites excluding steroid dienone is 2. The highest BCUT2D eigenvalue weighted by Crippen LogP contribution is 2.20. The molecular formula is C20H30N4O. The van der Waals surface area contributed by atoms with Crippen molar-refractivity contribution in [1.82, 2.24) is 9.55 Å². The van der Waals surface area contributed by atoms with Crippen molar-refractivity contribution in [2.24, 2.45) is 5.41 Å². The first kappa shape index (κ1) is 20.7. The Labute approximate surface area is 150 Å². The molecule has 0 bridgehead atoms. The maximum atomic E-state index is 12.4. The van der Waals surface area contributed by atoms with E-state index in [9.17, 15) is 10.1 Å². The van der Waals surface area contributed by atoms with Crippen LogP contribution in [0.4, 0.5) is 5.95 Å². The summed E-state index contributed by atoms with van der Waals surface area (Å²) in [5.41, 5.74) is 1.05. The predicted octanol–water partition coefficient (Wildman–Crippen LogP) is 3.06. The Hall–Kier alpha value is -2.35. The van der Waals surface area contributed by atoms with Gasteiger partial charge < -0.3 is 4.57 Å². The molecule has 0 atom stereocenters. The van der Waals surface area contributed by atoms with E-state index < -0.39 is 0 Å². The van der Waals surface area contributed by atoms with Crippen LogP contribution in [0.5, 0.6) is 0 Å². The monoisotopic (exact) mass is 342 g/mol. The molecule has 1 aromatic rings. The molecule has 1 amide bonds. The number of carbonyl (C=O) groups is 1. The number of carbonyl (C=O) groups excluding carboxylic acids is 1. The molecule has 25 heavy (non-hydrogen) atoms. The van der Waals surface area contributed by atoms with E-state index in [4.69, 9.17) is 0 Å². The summed E-state index contributed by atoms with van der Waals surface area (Å²) >= 11 is 0. The Morgan fingerprint density at radius 3 is 2.24 bits per heavy atom. The molecule has 0 aliphatic rings. The molecule has 0 aliphatic carbocycles. The molecule has 1 heterocycles. The van der Waals surface area contributed by atoms with E-state index in [2.05, 4.69) is 22.9 Å². The first-order valence-electron chi connectivity index (χ1n) is 8.43. The summed E-state index contributed by atoms with van der Waals surface area (Å²) in [7, 11) is 0. The van der Waals surface area contributed by atoms with E-state index in [-0.39, 0.29) is 16.9 Å². The van der Waals surface area contributed by atoms with Crippen molar-refractivity contribution >= 4 is 24.5 Å². The number of aromatic nitrogens is 2. The molecule has 0 radical (unpaired) electrons. The van der Waals surface area contributed by atoms with Crippen molar-refractivity contribution in [1.29, 1.82) is 5.26 Å². The van der Waals surface area contributed by atoms with Gasteiger partial charge in [-0.3, -0.25) is 10.1 Å². The first-order chi connectivity index (χ1) is 11.3. The summed E-state index contributed by atoms with van der Waals surface area (Å²) in [5, 5.41) is 13.5. The van der Waals surface area contributed by atoms with Crippen LogP contribution in [0, 0.1) is 16.7 Å². The third-order valence-electron chi connectivity index (χ3n) is 3.54. The Morgan fingerprint density at radius 1 is 1.28 bits per heavy atom. The average Bonchev–Trinajstić information content (AvgIpc) is 2.68. The van der Waals surface area contributed by atoms with Crippen LogP contribution in [0.3, 0.4) is 0 Å². The second kappa shape index (κ2) is 7.26. The van der Waals surface area contributed by atoms with Gasteiger partial charge in [-0.25, -0.2) is 4.98 Å². The molecule has 1 aromatic heterocycles. The molecule has 0 saturated carbocycles. The summed E-state index contributed by atoms with van der Waals surface area (Å²) in [6, 6.07) is 2.20. The topological polar surface area (TPSA) is 70.7 Å². The van der Waals surface area contributed by atoms with E-state index in [0.29, 0.717) is 23.3 Å². The van der Waals surface area contributed by atoms with Gasteiger partial charge in [0.15, 0.2) is 0 Å². The molecule has 136 valence electrons. The van der Waals surface area contributed by atoms with E-state index >= 15 is 0 Å². The van der Waals surface area contributed by atoms with Crippen LogP contribution in [0.15, 0.2) is 11.1 Å². The molecular weight excluding hydrogens is 312 g/mol. The number of rotatable bonds is 3. The molecule has 0 unspecified atom stereocenters. The highest BCUT2D eigenvalue weighted by atomic mass is 16.1. The highest BCUT2D eigenvalue weighted by molar-refractivity contribution is 5.89. The lowest BCUT2D eigenvalue weighted by atomic mass is 9.92. The van der Waals surface area contributed by atoms with Crippen LogP contribution < -0.4 is 16.0 Å². The van der Waals surface area contributed by atoms with Crippen LogP contribution in [0.25, 0.3) is 12.7 Å². The maximum absolute atomic E-state index is 12.4. The molecule has 5 nitrogen and oxygen atoms in total. The highest BCUT2D eigenvalue weighted by Gasteiger charge is 2.23. The summed E-state index contributed by atoms with van der Waals surface area (Å²) < 4.78 is 1.93. The predicted molar refractivity (Wildman–Crippen MR) is 103 cm³/mol. The summed E-state index contributed by atoms with van der Waals surface area (Å²) in [6.07, 6.45) is 2.18. The Kier molecular flexibility index (Phi) is 6.01. The van der Waals surface area contributed by atoms with Gasteiger partial charge in [-0.2, -0.15) is 5.26 Å². The fourth-order valence-electron chi connectivity index (χ4n) is 2.46. The van der Waals surface area contributed by atoms with Crippen molar-refractivity contribution in [3.05, 3.63) is 21.8 Å². The number of nitriles is 1. The molecule has 0 fully saturated rings. The van der Waals surface area contributed by atoms with Crippen LogP contribution in [0.1, 0.15) is 61.8 Å². The number of anilines is 1. The van der Waals surface area contributed by atoms with E-state index in [1.165, 1.54) is 0 Å². The van der Waals surface area contributed by atoms with Crippen LogP contribution in [-0.4, -0.2) is 15.5 Å². The SMILES string of the molecule is C=c1nc(NC(=O)CC(C)(C)C)n(C(C)(C)C)/c1=C/C(C#N)=C(C)C. The molecule has 1 rings (SSSR count). The van der Waals surface area contributed by atoms with Gasteiger partial charge in [-0.05, 0) is 46.1 Å². The van der Waals surface area contributed by atoms with Crippen molar-refractivity contribution in [3.8, 4) is 6.07 Å². The molecule has 0 saturated heterocycles. The van der Waals surface area contributed by atoms with Gasteiger partial charge in [0.2, 0.25) is 11.9 Å². The third-order valence-corrected chi connectivity index (χ3v) is 3.54. The minimum atomic E-state index is -0.332. The number of hydrogen-bond acceptors (Lipinski definition) is 3. The lowest BCUT2D eigenvalue weighted by molar-refractivity contribution is -0.117. The second-order valence-electron chi connectivity index (χ2n) is 8.73. The fraction of sp³-hybridized carbons (Fsp3) is 0.550. The normalized spacial score (nSPS) is 12.7. The summed E-state index contributed by atoms with van der Waals surface area (Å²) in [6.45, 7) is 19.9. The van der Waals surface area contributed by atoms with Gasteiger partial charge in [-0.1, -0.05) is 32.9 Å². The summed E-state index contributed by atoms with van der Waals surface area (Å²) in [4.78, 5) is 16.8. The minimum absolute atomic E-state index is 0.0859. The number of hydrogen-bond donors (Lipinski definition) is 1. The van der Waals surface area contributed by atoms with E-state index in [0.717, 1.165) is 10.9 Å². The van der Waals surface area contributed by atoms with Crippen molar-refractivity contribution < 1.29 is 4.79 Å². The Bertz CT molecular complexity index is 832. The van der Waals surface area contributed by atoms with Gasteiger partial charge in [0.25, 0.3) is 0 Å². The Morgan fingerprint density at radius 2 is 1.84 bits per heavy atom. The fourth-order valence-corrected chi connectivity index (χ4v) is 2.46. The molecule has 1 N–H and O–H groups in total. The summed E-state index contributed by atoms with van der Waals surface area (Å²) in [5.74, 6) is 0.376. The molecule has 0 aliphatic heterocycles. The number of imidazole rings is 1. The number of nitrogens with zero attached hydrogens (tertiary/aromatic N) is 3. The average molecular weight is 342 g/mol. The van der Waals surface area contributed by atoms with Gasteiger partial charge in [0.05, 0.1) is 22.3 Å². The van der Waals surface area contributed by atoms with Crippen molar-refractivity contribution in [3.63, 3.8) is 0 Å². The standard InChI is InChI=1S/C20H30N4O/c1-13(2)15(12-21)10-16-14(3)22-18(24(16)20(7,8)9)23-17(25)11-19(4,5)6/h10H,3,11H2,1-2,4-9H3,(H,22,23,25)/b16-10+. The zero-order valence-electron chi connectivity index (χ0n) is 16.7. The van der Waals surface area contributed by atoms with Gasteiger partial charge in [0, 0.05) is 12.0 Å². The lowest BCUT2D eigenvalue weighted by Gasteiger charge is -2.25. The number of amides is 1. The third kappa shape index (κ3) is 5.60. The van der Waals surface area contributed by atoms with Gasteiger partial charge >= 0.3 is 0 Å². The Balaban J connectivity index is 3.55. The van der Waals surface area contributed by atoms with Crippen LogP contribution >= 0.6 is 0 Å². The van der Waals surface area contributed by atoms with Crippen LogP contribution in [-0.2, 0) is 10.3 Å². The first-order valence-corrected chi connectivity index (χ1v) is 8.43. The molecule has 0 aromatic carbocycles. The quantitative estimate of drug-likeness (QED) is 0.858. The minimum Gasteiger partial charge on any atom is -0.305 e. The zero-order valence-corrected chi connectivity index (χ0v) is 16.7. The van der Waals surface area contributed by atoms with Crippen molar-refractivity contribution in [2.75, 3.05) is 5.32 Å². The lowest BCUT2D eigenvalue weighted by Crippen LogP contribution is -2.38. The second-order valence-corrected chi connectivity index (χ2v) is 8.73. The van der Waals surface area contributed by atoms with Gasteiger partial charge in [0.1, 0.15) is 0 Å². The van der Waals surface area contributed by atoms with Crippen LogP contribution in [0.2, 0.25) is 0 Å². The van der Waals surface area contributed by atoms with Crippen molar-refractivity contribution in [2.45, 2.75) is 67.3 Å². The van der Waals surface area contributed by atoms with Gasteiger partial charge in [-0.15, -0.1) is 0 Å².